The van der Waals surface area contributed by atoms with Crippen LogP contribution in [0.25, 0.3) is 0 Å². The molecule has 0 atom stereocenters. The third kappa shape index (κ3) is 2.14. The number of rotatable bonds is 3. The Morgan fingerprint density at radius 1 is 1.77 bits per heavy atom. The molecule has 0 unspecified atom stereocenters. The van der Waals surface area contributed by atoms with Gasteiger partial charge in [-0.3, -0.25) is 4.79 Å². The highest BCUT2D eigenvalue weighted by molar-refractivity contribution is 5.92. The van der Waals surface area contributed by atoms with Crippen LogP contribution in [-0.2, 0) is 0 Å². The van der Waals surface area contributed by atoms with E-state index in [9.17, 15) is 9.18 Å². The number of primary amides is 1. The largest absolute Gasteiger partial charge is 0.476 e. The summed E-state index contributed by atoms with van der Waals surface area (Å²) >= 11 is 0. The van der Waals surface area contributed by atoms with Crippen molar-refractivity contribution >= 4 is 5.91 Å². The Morgan fingerprint density at radius 2 is 2.46 bits per heavy atom. The van der Waals surface area contributed by atoms with Crippen LogP contribution >= 0.6 is 0 Å². The summed E-state index contributed by atoms with van der Waals surface area (Å²) < 4.78 is 17.8. The van der Waals surface area contributed by atoms with Gasteiger partial charge in [-0.2, -0.15) is 0 Å². The van der Waals surface area contributed by atoms with E-state index in [0.29, 0.717) is 6.61 Å². The van der Waals surface area contributed by atoms with Crippen molar-refractivity contribution in [3.05, 3.63) is 23.6 Å². The number of hydrogen-bond acceptors (Lipinski definition) is 3. The molecule has 0 bridgehead atoms. The van der Waals surface area contributed by atoms with Crippen molar-refractivity contribution in [2.75, 3.05) is 6.61 Å². The molecule has 1 rings (SSSR count). The average Bonchev–Trinajstić information content (AvgIpc) is 2.08. The van der Waals surface area contributed by atoms with Crippen molar-refractivity contribution in [1.82, 2.24) is 4.98 Å². The maximum Gasteiger partial charge on any atom is 0.250 e. The van der Waals surface area contributed by atoms with E-state index >= 15 is 0 Å². The number of carbonyl (C=O) groups is 1. The summed E-state index contributed by atoms with van der Waals surface area (Å²) in [5, 5.41) is 0. The van der Waals surface area contributed by atoms with Crippen LogP contribution in [0.5, 0.6) is 5.88 Å². The molecule has 70 valence electrons. The van der Waals surface area contributed by atoms with Gasteiger partial charge in [-0.05, 0) is 13.0 Å². The van der Waals surface area contributed by atoms with Gasteiger partial charge in [-0.15, -0.1) is 0 Å². The summed E-state index contributed by atoms with van der Waals surface area (Å²) in [5.74, 6) is -1.51. The molecule has 2 N–H and O–H groups in total. The number of aromatic nitrogens is 1. The predicted molar refractivity (Wildman–Crippen MR) is 43.9 cm³/mol. The van der Waals surface area contributed by atoms with Gasteiger partial charge in [0.25, 0.3) is 0 Å². The molecular formula is C8H9FN2O2. The van der Waals surface area contributed by atoms with Gasteiger partial charge in [-0.25, -0.2) is 9.37 Å². The first-order chi connectivity index (χ1) is 6.15. The summed E-state index contributed by atoms with van der Waals surface area (Å²) in [6.45, 7) is 2.03. The van der Waals surface area contributed by atoms with Gasteiger partial charge >= 0.3 is 0 Å². The lowest BCUT2D eigenvalue weighted by Crippen LogP contribution is -2.12. The van der Waals surface area contributed by atoms with E-state index in [0.717, 1.165) is 6.07 Å². The number of nitrogens with two attached hydrogens (primary N) is 1. The third-order valence-corrected chi connectivity index (χ3v) is 1.37. The molecule has 1 aromatic heterocycles. The van der Waals surface area contributed by atoms with Crippen molar-refractivity contribution in [1.29, 1.82) is 0 Å². The summed E-state index contributed by atoms with van der Waals surface area (Å²) in [5.41, 5.74) is 4.95. The van der Waals surface area contributed by atoms with Gasteiger partial charge in [0.05, 0.1) is 12.2 Å². The second-order valence-electron chi connectivity index (χ2n) is 2.31. The SMILES string of the molecule is CCOc1ncc(C(N)=O)cc1F. The smallest absolute Gasteiger partial charge is 0.250 e. The van der Waals surface area contributed by atoms with E-state index < -0.39 is 11.7 Å². The molecule has 0 spiro atoms. The molecular weight excluding hydrogens is 175 g/mol. The van der Waals surface area contributed by atoms with Gasteiger partial charge in [0.1, 0.15) is 0 Å². The molecule has 0 fully saturated rings. The number of hydrogen-bond donors (Lipinski definition) is 1. The summed E-state index contributed by atoms with van der Waals surface area (Å²) in [6.07, 6.45) is 1.18. The first kappa shape index (κ1) is 9.44. The standard InChI is InChI=1S/C8H9FN2O2/c1-2-13-8-6(9)3-5(4-11-8)7(10)12/h3-4H,2H2,1H3,(H2,10,12). The number of carbonyl (C=O) groups excluding carboxylic acids is 1. The van der Waals surface area contributed by atoms with Crippen LogP contribution in [0, 0.1) is 5.82 Å². The Labute approximate surface area is 74.5 Å². The van der Waals surface area contributed by atoms with Crippen molar-refractivity contribution in [3.63, 3.8) is 0 Å². The van der Waals surface area contributed by atoms with Crippen LogP contribution < -0.4 is 10.5 Å². The minimum Gasteiger partial charge on any atom is -0.476 e. The number of halogens is 1. The van der Waals surface area contributed by atoms with Crippen LogP contribution in [0.15, 0.2) is 12.3 Å². The first-order valence-electron chi connectivity index (χ1n) is 3.73. The molecule has 0 aliphatic rings. The predicted octanol–water partition coefficient (Wildman–Crippen LogP) is 0.718. The Bertz CT molecular complexity index is 328. The second kappa shape index (κ2) is 3.84. The first-order valence-corrected chi connectivity index (χ1v) is 3.73. The van der Waals surface area contributed by atoms with Gasteiger partial charge < -0.3 is 10.5 Å². The highest BCUT2D eigenvalue weighted by Gasteiger charge is 2.08. The minimum absolute atomic E-state index is 0.0287. The second-order valence-corrected chi connectivity index (χ2v) is 2.31. The fraction of sp³-hybridized carbons (Fsp3) is 0.250. The molecule has 0 aromatic carbocycles. The lowest BCUT2D eigenvalue weighted by atomic mass is 10.3. The van der Waals surface area contributed by atoms with Crippen molar-refractivity contribution in [3.8, 4) is 5.88 Å². The topological polar surface area (TPSA) is 65.2 Å². The van der Waals surface area contributed by atoms with E-state index in [1.807, 2.05) is 0 Å². The highest BCUT2D eigenvalue weighted by Crippen LogP contribution is 2.13. The maximum absolute atomic E-state index is 13.0. The molecule has 5 heteroatoms. The Morgan fingerprint density at radius 3 is 2.92 bits per heavy atom. The lowest BCUT2D eigenvalue weighted by molar-refractivity contribution is 0.0999. The number of nitrogens with zero attached hydrogens (tertiary/aromatic N) is 1. The maximum atomic E-state index is 13.0. The zero-order valence-corrected chi connectivity index (χ0v) is 7.08. The van der Waals surface area contributed by atoms with Crippen molar-refractivity contribution < 1.29 is 13.9 Å². The zero-order chi connectivity index (χ0) is 9.84. The quantitative estimate of drug-likeness (QED) is 0.752. The van der Waals surface area contributed by atoms with Gasteiger partial charge in [0, 0.05) is 6.20 Å². The van der Waals surface area contributed by atoms with E-state index in [1.54, 1.807) is 6.92 Å². The van der Waals surface area contributed by atoms with Crippen LogP contribution in [-0.4, -0.2) is 17.5 Å². The number of pyridine rings is 1. The van der Waals surface area contributed by atoms with Crippen LogP contribution in [0.1, 0.15) is 17.3 Å². The van der Waals surface area contributed by atoms with E-state index in [2.05, 4.69) is 4.98 Å². The fourth-order valence-electron chi connectivity index (χ4n) is 0.803. The van der Waals surface area contributed by atoms with Crippen LogP contribution in [0.2, 0.25) is 0 Å². The Balaban J connectivity index is 2.98. The van der Waals surface area contributed by atoms with Gasteiger partial charge in [0.2, 0.25) is 11.8 Å². The van der Waals surface area contributed by atoms with Crippen molar-refractivity contribution in [2.24, 2.45) is 5.73 Å². The molecule has 13 heavy (non-hydrogen) atoms. The van der Waals surface area contributed by atoms with Gasteiger partial charge in [-0.1, -0.05) is 0 Å². The average molecular weight is 184 g/mol. The molecule has 0 saturated carbocycles. The lowest BCUT2D eigenvalue weighted by Gasteiger charge is -2.03. The summed E-state index contributed by atoms with van der Waals surface area (Å²) in [7, 11) is 0. The normalized spacial score (nSPS) is 9.69. The molecule has 1 heterocycles. The zero-order valence-electron chi connectivity index (χ0n) is 7.08. The van der Waals surface area contributed by atoms with Crippen LogP contribution in [0.4, 0.5) is 4.39 Å². The van der Waals surface area contributed by atoms with Crippen molar-refractivity contribution in [2.45, 2.75) is 6.92 Å². The number of ether oxygens (including phenoxy) is 1. The Kier molecular flexibility index (Phi) is 2.79. The number of amides is 1. The molecule has 1 amide bonds. The molecule has 0 aliphatic carbocycles. The Hall–Kier alpha value is -1.65. The molecule has 0 aliphatic heterocycles. The molecule has 0 saturated heterocycles. The summed E-state index contributed by atoms with van der Waals surface area (Å²) in [4.78, 5) is 14.2. The third-order valence-electron chi connectivity index (χ3n) is 1.37. The van der Waals surface area contributed by atoms with E-state index in [4.69, 9.17) is 10.5 Å². The molecule has 0 radical (unpaired) electrons. The molecule has 4 nitrogen and oxygen atoms in total. The van der Waals surface area contributed by atoms with Crippen LogP contribution in [0.3, 0.4) is 0 Å². The minimum atomic E-state index is -0.713. The van der Waals surface area contributed by atoms with E-state index in [1.165, 1.54) is 6.20 Å². The van der Waals surface area contributed by atoms with Gasteiger partial charge in [0.15, 0.2) is 5.82 Å². The molecule has 1 aromatic rings. The highest BCUT2D eigenvalue weighted by atomic mass is 19.1. The fourth-order valence-corrected chi connectivity index (χ4v) is 0.803. The monoisotopic (exact) mass is 184 g/mol. The summed E-state index contributed by atoms with van der Waals surface area (Å²) in [6, 6.07) is 1.00. The van der Waals surface area contributed by atoms with E-state index in [-0.39, 0.29) is 11.4 Å².